The van der Waals surface area contributed by atoms with Crippen molar-refractivity contribution < 1.29 is 13.5 Å². The van der Waals surface area contributed by atoms with Crippen LogP contribution in [0.1, 0.15) is 6.92 Å². The number of nitrogens with one attached hydrogen (secondary N) is 1. The summed E-state index contributed by atoms with van der Waals surface area (Å²) in [7, 11) is -0.0355. The maximum atomic E-state index is 11.2. The molecule has 1 unspecified atom stereocenters. The average molecular weight is 302 g/mol. The van der Waals surface area contributed by atoms with Crippen LogP contribution in [0.5, 0.6) is 0 Å². The molecule has 1 atom stereocenters. The maximum absolute atomic E-state index is 11.2. The van der Waals surface area contributed by atoms with Crippen LogP contribution in [-0.4, -0.2) is 51.2 Å². The SMILES string of the molecule is CN(C)CC(C)(O)CNc1ccc(S(N)(=O)=O)cc1N. The summed E-state index contributed by atoms with van der Waals surface area (Å²) >= 11 is 0. The van der Waals surface area contributed by atoms with E-state index in [2.05, 4.69) is 5.32 Å². The lowest BCUT2D eigenvalue weighted by atomic mass is 10.1. The lowest BCUT2D eigenvalue weighted by Gasteiger charge is -2.27. The molecule has 8 heteroatoms. The van der Waals surface area contributed by atoms with Crippen molar-refractivity contribution in [2.24, 2.45) is 5.14 Å². The van der Waals surface area contributed by atoms with Crippen LogP contribution in [-0.2, 0) is 10.0 Å². The van der Waals surface area contributed by atoms with E-state index in [1.165, 1.54) is 18.2 Å². The Labute approximate surface area is 119 Å². The lowest BCUT2D eigenvalue weighted by molar-refractivity contribution is 0.0460. The second kappa shape index (κ2) is 5.96. The second-order valence-electron chi connectivity index (χ2n) is 5.38. The number of likely N-dealkylation sites (N-methyl/N-ethyl adjacent to an activating group) is 1. The second-order valence-corrected chi connectivity index (χ2v) is 6.94. The smallest absolute Gasteiger partial charge is 0.238 e. The van der Waals surface area contributed by atoms with E-state index < -0.39 is 15.6 Å². The number of anilines is 2. The van der Waals surface area contributed by atoms with E-state index in [0.29, 0.717) is 12.2 Å². The summed E-state index contributed by atoms with van der Waals surface area (Å²) in [6, 6.07) is 4.19. The number of aliphatic hydroxyl groups is 1. The number of sulfonamides is 1. The molecule has 0 aromatic heterocycles. The Bertz CT molecular complexity index is 570. The topological polar surface area (TPSA) is 122 Å². The van der Waals surface area contributed by atoms with E-state index in [1.54, 1.807) is 6.92 Å². The van der Waals surface area contributed by atoms with Crippen molar-refractivity contribution in [1.82, 2.24) is 4.90 Å². The molecule has 1 aromatic rings. The van der Waals surface area contributed by atoms with Gasteiger partial charge in [0, 0.05) is 13.1 Å². The molecule has 0 aliphatic rings. The number of nitrogens with zero attached hydrogens (tertiary/aromatic N) is 1. The molecule has 20 heavy (non-hydrogen) atoms. The third-order valence-corrected chi connectivity index (χ3v) is 3.58. The van der Waals surface area contributed by atoms with E-state index >= 15 is 0 Å². The first-order valence-electron chi connectivity index (χ1n) is 6.04. The molecule has 0 bridgehead atoms. The third kappa shape index (κ3) is 4.97. The number of hydrogen-bond acceptors (Lipinski definition) is 6. The molecule has 114 valence electrons. The van der Waals surface area contributed by atoms with Gasteiger partial charge in [0.05, 0.1) is 21.9 Å². The highest BCUT2D eigenvalue weighted by Crippen LogP contribution is 2.22. The van der Waals surface area contributed by atoms with Crippen molar-refractivity contribution >= 4 is 21.4 Å². The highest BCUT2D eigenvalue weighted by Gasteiger charge is 2.21. The fourth-order valence-electron chi connectivity index (χ4n) is 1.90. The summed E-state index contributed by atoms with van der Waals surface area (Å²) in [5.74, 6) is 0. The standard InChI is InChI=1S/C12H22N4O3S/c1-12(17,8-16(2)3)7-15-11-5-4-9(6-10(11)13)20(14,18)19/h4-6,15,17H,7-8,13H2,1-3H3,(H2,14,18,19). The minimum atomic E-state index is -3.77. The van der Waals surface area contributed by atoms with E-state index in [4.69, 9.17) is 10.9 Å². The zero-order valence-corrected chi connectivity index (χ0v) is 12.7. The van der Waals surface area contributed by atoms with Crippen LogP contribution in [0.3, 0.4) is 0 Å². The van der Waals surface area contributed by atoms with Crippen LogP contribution in [0.4, 0.5) is 11.4 Å². The molecule has 7 nitrogen and oxygen atoms in total. The molecule has 0 fully saturated rings. The average Bonchev–Trinajstić information content (AvgIpc) is 2.24. The van der Waals surface area contributed by atoms with Gasteiger partial charge in [0.1, 0.15) is 0 Å². The number of nitrogens with two attached hydrogens (primary N) is 2. The van der Waals surface area contributed by atoms with Crippen LogP contribution in [0.25, 0.3) is 0 Å². The molecule has 0 amide bonds. The van der Waals surface area contributed by atoms with Gasteiger partial charge < -0.3 is 21.1 Å². The van der Waals surface area contributed by atoms with Crippen molar-refractivity contribution in [2.45, 2.75) is 17.4 Å². The monoisotopic (exact) mass is 302 g/mol. The van der Waals surface area contributed by atoms with E-state index in [-0.39, 0.29) is 17.1 Å². The van der Waals surface area contributed by atoms with Crippen LogP contribution in [0, 0.1) is 0 Å². The molecule has 0 aliphatic carbocycles. The highest BCUT2D eigenvalue weighted by atomic mass is 32.2. The molecule has 0 radical (unpaired) electrons. The Morgan fingerprint density at radius 2 is 2.00 bits per heavy atom. The summed E-state index contributed by atoms with van der Waals surface area (Å²) < 4.78 is 22.4. The summed E-state index contributed by atoms with van der Waals surface area (Å²) in [6.07, 6.45) is 0. The molecule has 0 spiro atoms. The predicted octanol–water partition coefficient (Wildman–Crippen LogP) is -0.359. The Hall–Kier alpha value is -1.35. The quantitative estimate of drug-likeness (QED) is 0.532. The molecular weight excluding hydrogens is 280 g/mol. The van der Waals surface area contributed by atoms with Gasteiger partial charge in [-0.05, 0) is 39.2 Å². The van der Waals surface area contributed by atoms with E-state index in [1.807, 2.05) is 19.0 Å². The molecule has 0 saturated carbocycles. The normalized spacial score (nSPS) is 15.1. The molecular formula is C12H22N4O3S. The Morgan fingerprint density at radius 3 is 2.45 bits per heavy atom. The molecule has 1 aromatic carbocycles. The minimum Gasteiger partial charge on any atom is -0.397 e. The fourth-order valence-corrected chi connectivity index (χ4v) is 2.45. The number of rotatable bonds is 6. The van der Waals surface area contributed by atoms with E-state index in [0.717, 1.165) is 0 Å². The summed E-state index contributed by atoms with van der Waals surface area (Å²) in [5.41, 5.74) is 5.65. The largest absolute Gasteiger partial charge is 0.397 e. The van der Waals surface area contributed by atoms with E-state index in [9.17, 15) is 13.5 Å². The van der Waals surface area contributed by atoms with Gasteiger partial charge in [-0.15, -0.1) is 0 Å². The Balaban J connectivity index is 2.80. The number of primary sulfonamides is 1. The van der Waals surface area contributed by atoms with Crippen molar-refractivity contribution in [2.75, 3.05) is 38.2 Å². The first-order valence-corrected chi connectivity index (χ1v) is 7.59. The van der Waals surface area contributed by atoms with Crippen LogP contribution in [0.15, 0.2) is 23.1 Å². The number of hydrogen-bond donors (Lipinski definition) is 4. The molecule has 0 heterocycles. The van der Waals surface area contributed by atoms with Crippen LogP contribution < -0.4 is 16.2 Å². The summed E-state index contributed by atoms with van der Waals surface area (Å²) in [5, 5.41) is 18.2. The lowest BCUT2D eigenvalue weighted by Crippen LogP contribution is -2.43. The van der Waals surface area contributed by atoms with Gasteiger partial charge in [0.15, 0.2) is 0 Å². The van der Waals surface area contributed by atoms with Crippen LogP contribution >= 0.6 is 0 Å². The van der Waals surface area contributed by atoms with Crippen LogP contribution in [0.2, 0.25) is 0 Å². The van der Waals surface area contributed by atoms with Gasteiger partial charge in [-0.2, -0.15) is 0 Å². The van der Waals surface area contributed by atoms with Crippen molar-refractivity contribution in [3.8, 4) is 0 Å². The molecule has 1 rings (SSSR count). The molecule has 0 saturated heterocycles. The molecule has 6 N–H and O–H groups in total. The first-order chi connectivity index (χ1) is 9.01. The van der Waals surface area contributed by atoms with Crippen molar-refractivity contribution in [3.63, 3.8) is 0 Å². The highest BCUT2D eigenvalue weighted by molar-refractivity contribution is 7.89. The number of nitrogen functional groups attached to an aromatic ring is 1. The van der Waals surface area contributed by atoms with Gasteiger partial charge in [-0.1, -0.05) is 0 Å². The predicted molar refractivity (Wildman–Crippen MR) is 79.9 cm³/mol. The minimum absolute atomic E-state index is 0.0411. The van der Waals surface area contributed by atoms with Gasteiger partial charge in [-0.3, -0.25) is 0 Å². The number of benzene rings is 1. The maximum Gasteiger partial charge on any atom is 0.238 e. The van der Waals surface area contributed by atoms with Gasteiger partial charge in [0.25, 0.3) is 0 Å². The summed E-state index contributed by atoms with van der Waals surface area (Å²) in [6.45, 7) is 2.47. The van der Waals surface area contributed by atoms with Gasteiger partial charge >= 0.3 is 0 Å². The fraction of sp³-hybridized carbons (Fsp3) is 0.500. The zero-order chi connectivity index (χ0) is 15.6. The van der Waals surface area contributed by atoms with Crippen molar-refractivity contribution in [3.05, 3.63) is 18.2 Å². The Morgan fingerprint density at radius 1 is 1.40 bits per heavy atom. The van der Waals surface area contributed by atoms with Gasteiger partial charge in [0.2, 0.25) is 10.0 Å². The zero-order valence-electron chi connectivity index (χ0n) is 11.9. The van der Waals surface area contributed by atoms with Crippen molar-refractivity contribution in [1.29, 1.82) is 0 Å². The Kier molecular flexibility index (Phi) is 4.98. The molecule has 0 aliphatic heterocycles. The third-order valence-electron chi connectivity index (χ3n) is 2.67. The summed E-state index contributed by atoms with van der Waals surface area (Å²) in [4.78, 5) is 1.83. The first kappa shape index (κ1) is 16.7. The van der Waals surface area contributed by atoms with Gasteiger partial charge in [-0.25, -0.2) is 13.6 Å².